The van der Waals surface area contributed by atoms with E-state index in [1.165, 1.54) is 11.0 Å². The van der Waals surface area contributed by atoms with Crippen molar-refractivity contribution in [2.45, 2.75) is 25.5 Å². The second kappa shape index (κ2) is 6.56. The average molecular weight is 351 g/mol. The topological polar surface area (TPSA) is 116 Å². The van der Waals surface area contributed by atoms with Crippen LogP contribution >= 0.6 is 0 Å². The summed E-state index contributed by atoms with van der Waals surface area (Å²) < 4.78 is 29.9. The van der Waals surface area contributed by atoms with E-state index in [4.69, 9.17) is 4.74 Å². The molecule has 24 heavy (non-hydrogen) atoms. The summed E-state index contributed by atoms with van der Waals surface area (Å²) >= 11 is 0. The minimum absolute atomic E-state index is 0.00784. The number of ether oxygens (including phenoxy) is 1. The van der Waals surface area contributed by atoms with Crippen LogP contribution in [0.15, 0.2) is 30.6 Å². The van der Waals surface area contributed by atoms with Gasteiger partial charge in [0.1, 0.15) is 12.1 Å². The fraction of sp³-hybridized carbons (Fsp3) is 0.429. The molecule has 1 saturated heterocycles. The van der Waals surface area contributed by atoms with Gasteiger partial charge >= 0.3 is 0 Å². The third kappa shape index (κ3) is 3.88. The van der Waals surface area contributed by atoms with Gasteiger partial charge in [0.2, 0.25) is 0 Å². The van der Waals surface area contributed by atoms with Gasteiger partial charge in [0.25, 0.3) is 5.91 Å². The van der Waals surface area contributed by atoms with Crippen LogP contribution in [0.5, 0.6) is 5.75 Å². The van der Waals surface area contributed by atoms with Gasteiger partial charge in [-0.1, -0.05) is 0 Å². The first-order valence-electron chi connectivity index (χ1n) is 7.44. The molecule has 1 aliphatic rings. The van der Waals surface area contributed by atoms with Gasteiger partial charge in [-0.3, -0.25) is 4.79 Å². The third-order valence-electron chi connectivity index (χ3n) is 3.71. The van der Waals surface area contributed by atoms with Crippen LogP contribution in [-0.4, -0.2) is 58.2 Å². The highest BCUT2D eigenvalue weighted by Gasteiger charge is 2.30. The van der Waals surface area contributed by atoms with Crippen LogP contribution in [-0.2, 0) is 14.6 Å². The molecular weight excluding hydrogens is 334 g/mol. The van der Waals surface area contributed by atoms with E-state index in [0.717, 1.165) is 5.69 Å². The molecule has 0 bridgehead atoms. The van der Waals surface area contributed by atoms with Crippen molar-refractivity contribution in [1.82, 2.24) is 25.5 Å². The fourth-order valence-corrected chi connectivity index (χ4v) is 4.12. The van der Waals surface area contributed by atoms with Crippen LogP contribution in [0.2, 0.25) is 0 Å². The number of carbonyl (C=O) groups excluding carboxylic acids is 1. The highest BCUT2D eigenvalue weighted by molar-refractivity contribution is 7.91. The molecule has 2 heterocycles. The maximum Gasteiger partial charge on any atom is 0.261 e. The Hall–Kier alpha value is -2.49. The molecule has 10 heteroatoms. The molecule has 128 valence electrons. The number of carbonyl (C=O) groups is 1. The lowest BCUT2D eigenvalue weighted by Crippen LogP contribution is -2.43. The second-order valence-electron chi connectivity index (χ2n) is 5.62. The highest BCUT2D eigenvalue weighted by Crippen LogP contribution is 2.16. The van der Waals surface area contributed by atoms with E-state index in [0.29, 0.717) is 12.2 Å². The SMILES string of the molecule is CC(Oc1ccc(-n2cnnn2)cc1)C(=O)NC1CCS(=O)(=O)C1. The van der Waals surface area contributed by atoms with Crippen LogP contribution in [0.4, 0.5) is 0 Å². The number of aromatic nitrogens is 4. The van der Waals surface area contributed by atoms with E-state index in [9.17, 15) is 13.2 Å². The Bertz CT molecular complexity index is 804. The Labute approximate surface area is 138 Å². The number of benzene rings is 1. The van der Waals surface area contributed by atoms with Gasteiger partial charge in [-0.05, 0) is 48.0 Å². The predicted molar refractivity (Wildman–Crippen MR) is 84.4 cm³/mol. The van der Waals surface area contributed by atoms with E-state index in [2.05, 4.69) is 20.8 Å². The van der Waals surface area contributed by atoms with E-state index in [1.807, 2.05) is 0 Å². The number of hydrogen-bond donors (Lipinski definition) is 1. The van der Waals surface area contributed by atoms with Crippen molar-refractivity contribution in [3.05, 3.63) is 30.6 Å². The summed E-state index contributed by atoms with van der Waals surface area (Å²) in [6.45, 7) is 1.62. The largest absolute Gasteiger partial charge is 0.481 e. The standard InChI is InChI=1S/C14H17N5O4S/c1-10(14(20)16-11-6-7-24(21,22)8-11)23-13-4-2-12(3-5-13)19-9-15-17-18-19/h2-5,9-11H,6-8H2,1H3,(H,16,20). The number of nitrogens with zero attached hydrogens (tertiary/aromatic N) is 4. The van der Waals surface area contributed by atoms with Crippen LogP contribution in [0.1, 0.15) is 13.3 Å². The fourth-order valence-electron chi connectivity index (χ4n) is 2.44. The van der Waals surface area contributed by atoms with Crippen LogP contribution < -0.4 is 10.1 Å². The van der Waals surface area contributed by atoms with E-state index < -0.39 is 15.9 Å². The highest BCUT2D eigenvalue weighted by atomic mass is 32.2. The lowest BCUT2D eigenvalue weighted by Gasteiger charge is -2.17. The first-order valence-corrected chi connectivity index (χ1v) is 9.26. The summed E-state index contributed by atoms with van der Waals surface area (Å²) in [6.07, 6.45) is 1.19. The summed E-state index contributed by atoms with van der Waals surface area (Å²) in [6, 6.07) is 6.61. The molecule has 1 amide bonds. The van der Waals surface area contributed by atoms with E-state index in [1.54, 1.807) is 31.2 Å². The van der Waals surface area contributed by atoms with Crippen LogP contribution in [0.3, 0.4) is 0 Å². The van der Waals surface area contributed by atoms with Gasteiger partial charge in [-0.2, -0.15) is 0 Å². The molecule has 2 atom stereocenters. The second-order valence-corrected chi connectivity index (χ2v) is 7.85. The Morgan fingerprint density at radius 1 is 1.38 bits per heavy atom. The summed E-state index contributed by atoms with van der Waals surface area (Å²) in [5.41, 5.74) is 0.764. The zero-order valence-corrected chi connectivity index (χ0v) is 13.8. The smallest absolute Gasteiger partial charge is 0.261 e. The number of sulfone groups is 1. The normalized spacial score (nSPS) is 20.5. The molecule has 1 aromatic carbocycles. The van der Waals surface area contributed by atoms with Crippen molar-refractivity contribution in [3.63, 3.8) is 0 Å². The molecule has 0 spiro atoms. The minimum atomic E-state index is -3.03. The van der Waals surface area contributed by atoms with Crippen molar-refractivity contribution in [2.24, 2.45) is 0 Å². The summed E-state index contributed by atoms with van der Waals surface area (Å²) in [7, 11) is -3.03. The number of tetrazole rings is 1. The molecule has 3 rings (SSSR count). The Morgan fingerprint density at radius 2 is 2.12 bits per heavy atom. The lowest BCUT2D eigenvalue weighted by molar-refractivity contribution is -0.127. The van der Waals surface area contributed by atoms with Crippen molar-refractivity contribution >= 4 is 15.7 Å². The summed E-state index contributed by atoms with van der Waals surface area (Å²) in [5.74, 6) is 0.299. The monoisotopic (exact) mass is 351 g/mol. The van der Waals surface area contributed by atoms with Crippen LogP contribution in [0, 0.1) is 0 Å². The summed E-state index contributed by atoms with van der Waals surface area (Å²) in [5, 5.41) is 13.6. The molecule has 1 aliphatic heterocycles. The molecule has 1 fully saturated rings. The van der Waals surface area contributed by atoms with Crippen LogP contribution in [0.25, 0.3) is 5.69 Å². The maximum atomic E-state index is 12.1. The lowest BCUT2D eigenvalue weighted by atomic mass is 10.2. The van der Waals surface area contributed by atoms with Crippen molar-refractivity contribution in [3.8, 4) is 11.4 Å². The number of hydrogen-bond acceptors (Lipinski definition) is 7. The Morgan fingerprint density at radius 3 is 2.71 bits per heavy atom. The number of rotatable bonds is 5. The number of amides is 1. The van der Waals surface area contributed by atoms with Gasteiger partial charge in [0, 0.05) is 6.04 Å². The molecule has 2 aromatic rings. The average Bonchev–Trinajstić information content (AvgIpc) is 3.18. The molecule has 0 radical (unpaired) electrons. The van der Waals surface area contributed by atoms with Gasteiger partial charge in [0.15, 0.2) is 15.9 Å². The zero-order chi connectivity index (χ0) is 17.2. The molecule has 0 aliphatic carbocycles. The van der Waals surface area contributed by atoms with Gasteiger partial charge in [0.05, 0.1) is 17.2 Å². The predicted octanol–water partition coefficient (Wildman–Crippen LogP) is -0.267. The molecule has 1 N–H and O–H groups in total. The number of nitrogens with one attached hydrogen (secondary N) is 1. The third-order valence-corrected chi connectivity index (χ3v) is 5.48. The van der Waals surface area contributed by atoms with Gasteiger partial charge in [-0.25, -0.2) is 13.1 Å². The van der Waals surface area contributed by atoms with Gasteiger partial charge in [-0.15, -0.1) is 5.10 Å². The quantitative estimate of drug-likeness (QED) is 0.788. The first-order chi connectivity index (χ1) is 11.4. The Kier molecular flexibility index (Phi) is 4.47. The van der Waals surface area contributed by atoms with Crippen molar-refractivity contribution in [1.29, 1.82) is 0 Å². The van der Waals surface area contributed by atoms with E-state index >= 15 is 0 Å². The molecule has 9 nitrogen and oxygen atoms in total. The zero-order valence-electron chi connectivity index (χ0n) is 13.0. The molecule has 2 unspecified atom stereocenters. The van der Waals surface area contributed by atoms with Gasteiger partial charge < -0.3 is 10.1 Å². The molecule has 0 saturated carbocycles. The Balaban J connectivity index is 1.56. The first kappa shape index (κ1) is 16.4. The summed E-state index contributed by atoms with van der Waals surface area (Å²) in [4.78, 5) is 12.1. The molecular formula is C14H17N5O4S. The van der Waals surface area contributed by atoms with Crippen molar-refractivity contribution < 1.29 is 17.9 Å². The minimum Gasteiger partial charge on any atom is -0.481 e. The van der Waals surface area contributed by atoms with Crippen molar-refractivity contribution in [2.75, 3.05) is 11.5 Å². The van der Waals surface area contributed by atoms with E-state index in [-0.39, 0.29) is 23.5 Å². The maximum absolute atomic E-state index is 12.1. The molecule has 1 aromatic heterocycles.